The van der Waals surface area contributed by atoms with Crippen LogP contribution in [-0.4, -0.2) is 18.1 Å². The second-order valence-corrected chi connectivity index (χ2v) is 4.66. The number of carbonyl (C=O) groups is 1. The Morgan fingerprint density at radius 3 is 2.70 bits per heavy atom. The second kappa shape index (κ2) is 6.19. The average molecular weight is 270 g/mol. The van der Waals surface area contributed by atoms with E-state index in [0.717, 1.165) is 22.6 Å². The van der Waals surface area contributed by atoms with Crippen LogP contribution < -0.4 is 5.32 Å². The van der Waals surface area contributed by atoms with Gasteiger partial charge in [-0.3, -0.25) is 4.79 Å². The summed E-state index contributed by atoms with van der Waals surface area (Å²) in [4.78, 5) is 15.8. The van der Waals surface area contributed by atoms with Gasteiger partial charge >= 0.3 is 5.97 Å². The number of nitrogens with zero attached hydrogens (tertiary/aromatic N) is 1. The van der Waals surface area contributed by atoms with E-state index in [9.17, 15) is 4.79 Å². The highest BCUT2D eigenvalue weighted by atomic mass is 16.5. The van der Waals surface area contributed by atoms with E-state index >= 15 is 0 Å². The molecule has 4 heteroatoms. The molecular formula is C16H18N2O2. The molecule has 0 unspecified atom stereocenters. The summed E-state index contributed by atoms with van der Waals surface area (Å²) < 4.78 is 4.77. The topological polar surface area (TPSA) is 51.2 Å². The van der Waals surface area contributed by atoms with Gasteiger partial charge in [0.15, 0.2) is 0 Å². The molecule has 0 amide bonds. The summed E-state index contributed by atoms with van der Waals surface area (Å²) in [6, 6.07) is 11.6. The number of hydrogen-bond acceptors (Lipinski definition) is 4. The lowest BCUT2D eigenvalue weighted by molar-refractivity contribution is -0.141. The summed E-state index contributed by atoms with van der Waals surface area (Å²) in [5.74, 6) is 0.307. The van der Waals surface area contributed by atoms with Gasteiger partial charge in [-0.15, -0.1) is 0 Å². The van der Waals surface area contributed by atoms with Gasteiger partial charge in [0.05, 0.1) is 13.0 Å². The predicted octanol–water partition coefficient (Wildman–Crippen LogP) is 3.41. The number of nitrogens with one attached hydrogen (secondary N) is 1. The lowest BCUT2D eigenvalue weighted by Gasteiger charge is -2.13. The Balaban J connectivity index is 2.20. The Bertz CT molecular complexity index is 597. The van der Waals surface area contributed by atoms with E-state index in [0.29, 0.717) is 0 Å². The Hall–Kier alpha value is -2.36. The van der Waals surface area contributed by atoms with Crippen molar-refractivity contribution >= 4 is 17.5 Å². The molecule has 2 rings (SSSR count). The highest BCUT2D eigenvalue weighted by Gasteiger charge is 2.16. The molecule has 1 heterocycles. The zero-order valence-electron chi connectivity index (χ0n) is 11.9. The number of pyridine rings is 1. The molecule has 0 aliphatic heterocycles. The Morgan fingerprint density at radius 2 is 2.10 bits per heavy atom. The number of aromatic nitrogens is 1. The van der Waals surface area contributed by atoms with E-state index in [4.69, 9.17) is 4.74 Å². The van der Waals surface area contributed by atoms with E-state index in [1.165, 1.54) is 7.11 Å². The molecular weight excluding hydrogens is 252 g/mol. The van der Waals surface area contributed by atoms with Gasteiger partial charge in [-0.1, -0.05) is 18.2 Å². The molecule has 0 radical (unpaired) electrons. The van der Waals surface area contributed by atoms with Crippen LogP contribution in [0.4, 0.5) is 11.5 Å². The molecule has 1 N–H and O–H groups in total. The van der Waals surface area contributed by atoms with Crippen molar-refractivity contribution in [1.29, 1.82) is 0 Å². The quantitative estimate of drug-likeness (QED) is 0.865. The lowest BCUT2D eigenvalue weighted by Crippen LogP contribution is -2.11. The van der Waals surface area contributed by atoms with Crippen molar-refractivity contribution in [3.8, 4) is 0 Å². The number of ether oxygens (including phenoxy) is 1. The fourth-order valence-electron chi connectivity index (χ4n) is 1.98. The van der Waals surface area contributed by atoms with Crippen LogP contribution >= 0.6 is 0 Å². The van der Waals surface area contributed by atoms with Crippen LogP contribution in [0.1, 0.15) is 24.0 Å². The lowest BCUT2D eigenvalue weighted by atomic mass is 9.98. The maximum atomic E-state index is 11.6. The molecule has 0 bridgehead atoms. The Morgan fingerprint density at radius 1 is 1.30 bits per heavy atom. The first-order valence-corrected chi connectivity index (χ1v) is 6.48. The van der Waals surface area contributed by atoms with Crippen molar-refractivity contribution < 1.29 is 9.53 Å². The van der Waals surface area contributed by atoms with E-state index in [1.54, 1.807) is 6.20 Å². The maximum Gasteiger partial charge on any atom is 0.312 e. The molecule has 0 saturated carbocycles. The van der Waals surface area contributed by atoms with Gasteiger partial charge in [0.25, 0.3) is 0 Å². The van der Waals surface area contributed by atoms with Crippen LogP contribution in [-0.2, 0) is 9.53 Å². The molecule has 0 aliphatic rings. The van der Waals surface area contributed by atoms with Gasteiger partial charge in [-0.05, 0) is 43.2 Å². The standard InChI is InChI=1S/C16H18N2O2/c1-11-10-13(12(2)16(19)20-3)7-8-14(11)18-15-6-4-5-9-17-15/h4-10,12H,1-3H3,(H,17,18)/t12-/m1/s1. The highest BCUT2D eigenvalue weighted by molar-refractivity contribution is 5.78. The first-order valence-electron chi connectivity index (χ1n) is 6.48. The van der Waals surface area contributed by atoms with Crippen molar-refractivity contribution in [3.05, 3.63) is 53.7 Å². The molecule has 104 valence electrons. The number of methoxy groups -OCH3 is 1. The minimum absolute atomic E-state index is 0.227. The smallest absolute Gasteiger partial charge is 0.312 e. The fraction of sp³-hybridized carbons (Fsp3) is 0.250. The minimum atomic E-state index is -0.261. The molecule has 2 aromatic rings. The average Bonchev–Trinajstić information content (AvgIpc) is 2.48. The third kappa shape index (κ3) is 3.15. The SMILES string of the molecule is COC(=O)[C@H](C)c1ccc(Nc2ccccn2)c(C)c1. The number of anilines is 2. The Kier molecular flexibility index (Phi) is 4.35. The van der Waals surface area contributed by atoms with Crippen molar-refractivity contribution in [3.63, 3.8) is 0 Å². The van der Waals surface area contributed by atoms with Gasteiger partial charge in [-0.2, -0.15) is 0 Å². The molecule has 1 aromatic heterocycles. The molecule has 1 aromatic carbocycles. The van der Waals surface area contributed by atoms with E-state index in [1.807, 2.05) is 50.2 Å². The van der Waals surface area contributed by atoms with E-state index in [2.05, 4.69) is 10.3 Å². The van der Waals surface area contributed by atoms with E-state index < -0.39 is 0 Å². The number of benzene rings is 1. The van der Waals surface area contributed by atoms with Crippen molar-refractivity contribution in [2.75, 3.05) is 12.4 Å². The number of rotatable bonds is 4. The van der Waals surface area contributed by atoms with Crippen molar-refractivity contribution in [1.82, 2.24) is 4.98 Å². The van der Waals surface area contributed by atoms with E-state index in [-0.39, 0.29) is 11.9 Å². The summed E-state index contributed by atoms with van der Waals surface area (Å²) in [7, 11) is 1.41. The fourth-order valence-corrected chi connectivity index (χ4v) is 1.98. The molecule has 0 saturated heterocycles. The van der Waals surface area contributed by atoms with Crippen LogP contribution in [0, 0.1) is 6.92 Å². The summed E-state index contributed by atoms with van der Waals surface area (Å²) in [5.41, 5.74) is 2.98. The molecule has 20 heavy (non-hydrogen) atoms. The van der Waals surface area contributed by atoms with Gasteiger partial charge in [0.2, 0.25) is 0 Å². The third-order valence-electron chi connectivity index (χ3n) is 3.23. The van der Waals surface area contributed by atoms with Crippen LogP contribution in [0.2, 0.25) is 0 Å². The molecule has 4 nitrogen and oxygen atoms in total. The van der Waals surface area contributed by atoms with Crippen LogP contribution in [0.3, 0.4) is 0 Å². The monoisotopic (exact) mass is 270 g/mol. The zero-order chi connectivity index (χ0) is 14.5. The number of hydrogen-bond donors (Lipinski definition) is 1. The van der Waals surface area contributed by atoms with Crippen molar-refractivity contribution in [2.45, 2.75) is 19.8 Å². The number of aryl methyl sites for hydroxylation is 1. The number of carbonyl (C=O) groups excluding carboxylic acids is 1. The predicted molar refractivity (Wildman–Crippen MR) is 79.1 cm³/mol. The molecule has 0 fully saturated rings. The molecule has 0 aliphatic carbocycles. The van der Waals surface area contributed by atoms with Crippen LogP contribution in [0.5, 0.6) is 0 Å². The first-order chi connectivity index (χ1) is 9.61. The van der Waals surface area contributed by atoms with Gasteiger partial charge in [0, 0.05) is 11.9 Å². The highest BCUT2D eigenvalue weighted by Crippen LogP contribution is 2.24. The maximum absolute atomic E-state index is 11.6. The summed E-state index contributed by atoms with van der Waals surface area (Å²) in [5, 5.41) is 3.25. The normalized spacial score (nSPS) is 11.8. The first kappa shape index (κ1) is 14.1. The number of esters is 1. The summed E-state index contributed by atoms with van der Waals surface area (Å²) >= 11 is 0. The van der Waals surface area contributed by atoms with Gasteiger partial charge < -0.3 is 10.1 Å². The van der Waals surface area contributed by atoms with Crippen molar-refractivity contribution in [2.24, 2.45) is 0 Å². The second-order valence-electron chi connectivity index (χ2n) is 4.66. The molecule has 0 spiro atoms. The van der Waals surface area contributed by atoms with Crippen LogP contribution in [0.15, 0.2) is 42.6 Å². The Labute approximate surface area is 118 Å². The van der Waals surface area contributed by atoms with Crippen LogP contribution in [0.25, 0.3) is 0 Å². The largest absolute Gasteiger partial charge is 0.469 e. The molecule has 1 atom stereocenters. The zero-order valence-corrected chi connectivity index (χ0v) is 11.9. The summed E-state index contributed by atoms with van der Waals surface area (Å²) in [6.07, 6.45) is 1.74. The summed E-state index contributed by atoms with van der Waals surface area (Å²) in [6.45, 7) is 3.84. The van der Waals surface area contributed by atoms with Gasteiger partial charge in [-0.25, -0.2) is 4.98 Å². The third-order valence-corrected chi connectivity index (χ3v) is 3.23. The minimum Gasteiger partial charge on any atom is -0.469 e. The van der Waals surface area contributed by atoms with Gasteiger partial charge in [0.1, 0.15) is 5.82 Å².